The van der Waals surface area contributed by atoms with Gasteiger partial charge in [-0.25, -0.2) is 8.42 Å². The Morgan fingerprint density at radius 3 is 2.19 bits per heavy atom. The van der Waals surface area contributed by atoms with Gasteiger partial charge < -0.3 is 5.32 Å². The number of sulfonamides is 1. The highest BCUT2D eigenvalue weighted by atomic mass is 32.2. The average Bonchev–Trinajstić information content (AvgIpc) is 3.15. The summed E-state index contributed by atoms with van der Waals surface area (Å²) >= 11 is 0. The zero-order valence-electron chi connectivity index (χ0n) is 14.9. The first kappa shape index (κ1) is 18.5. The smallest absolute Gasteiger partial charge is 0.261 e. The lowest BCUT2D eigenvalue weighted by Crippen LogP contribution is -2.32. The van der Waals surface area contributed by atoms with Crippen LogP contribution in [0.25, 0.3) is 0 Å². The lowest BCUT2D eigenvalue weighted by Gasteiger charge is -2.12. The van der Waals surface area contributed by atoms with Crippen molar-refractivity contribution >= 4 is 21.6 Å². The quantitative estimate of drug-likeness (QED) is 0.811. The summed E-state index contributed by atoms with van der Waals surface area (Å²) in [7, 11) is -3.68. The van der Waals surface area contributed by atoms with Gasteiger partial charge in [0.1, 0.15) is 0 Å². The molecule has 2 N–H and O–H groups in total. The second kappa shape index (κ2) is 7.91. The summed E-state index contributed by atoms with van der Waals surface area (Å²) < 4.78 is 27.6. The molecule has 3 rings (SSSR count). The molecule has 1 fully saturated rings. The predicted molar refractivity (Wildman–Crippen MR) is 103 cm³/mol. The normalized spacial score (nSPS) is 15.0. The molecule has 138 valence electrons. The molecule has 0 spiro atoms. The molecule has 0 saturated heterocycles. The number of carbonyl (C=O) groups excluding carboxylic acids is 1. The number of hydrogen-bond donors (Lipinski definition) is 2. The summed E-state index contributed by atoms with van der Waals surface area (Å²) in [5, 5.41) is 3.00. The number of anilines is 1. The topological polar surface area (TPSA) is 75.3 Å². The fourth-order valence-corrected chi connectivity index (χ4v) is 4.21. The SMILES string of the molecule is CCc1ccc(NS(=O)(=O)c2ccc(C(=O)NC3CCCC3)cc2)cc1. The van der Waals surface area contributed by atoms with Crippen LogP contribution in [-0.4, -0.2) is 20.4 Å². The van der Waals surface area contributed by atoms with Crippen LogP contribution in [0.4, 0.5) is 5.69 Å². The van der Waals surface area contributed by atoms with Crippen LogP contribution in [0.1, 0.15) is 48.5 Å². The second-order valence-electron chi connectivity index (χ2n) is 6.64. The molecular formula is C20H24N2O3S. The first-order valence-corrected chi connectivity index (χ1v) is 10.5. The number of hydrogen-bond acceptors (Lipinski definition) is 3. The molecule has 1 aliphatic rings. The first-order chi connectivity index (χ1) is 12.5. The van der Waals surface area contributed by atoms with Gasteiger partial charge in [-0.05, 0) is 61.2 Å². The van der Waals surface area contributed by atoms with E-state index in [1.165, 1.54) is 12.1 Å². The van der Waals surface area contributed by atoms with E-state index in [9.17, 15) is 13.2 Å². The molecule has 0 radical (unpaired) electrons. The van der Waals surface area contributed by atoms with Crippen LogP contribution in [0.3, 0.4) is 0 Å². The maximum atomic E-state index is 12.5. The maximum Gasteiger partial charge on any atom is 0.261 e. The van der Waals surface area contributed by atoms with Gasteiger partial charge in [-0.2, -0.15) is 0 Å². The second-order valence-corrected chi connectivity index (χ2v) is 8.32. The lowest BCUT2D eigenvalue weighted by molar-refractivity contribution is 0.0938. The number of rotatable bonds is 6. The molecule has 0 atom stereocenters. The Morgan fingerprint density at radius 2 is 1.62 bits per heavy atom. The van der Waals surface area contributed by atoms with Gasteiger partial charge >= 0.3 is 0 Å². The van der Waals surface area contributed by atoms with E-state index in [1.807, 2.05) is 19.1 Å². The number of nitrogens with one attached hydrogen (secondary N) is 2. The van der Waals surface area contributed by atoms with Gasteiger partial charge in [0.25, 0.3) is 15.9 Å². The fourth-order valence-electron chi connectivity index (χ4n) is 3.15. The Morgan fingerprint density at radius 1 is 1.00 bits per heavy atom. The minimum Gasteiger partial charge on any atom is -0.349 e. The van der Waals surface area contributed by atoms with Crippen LogP contribution in [-0.2, 0) is 16.4 Å². The van der Waals surface area contributed by atoms with Crippen molar-refractivity contribution in [2.45, 2.75) is 50.0 Å². The zero-order valence-corrected chi connectivity index (χ0v) is 15.7. The number of amides is 1. The summed E-state index contributed by atoms with van der Waals surface area (Å²) in [4.78, 5) is 12.4. The van der Waals surface area contributed by atoms with E-state index < -0.39 is 10.0 Å². The molecule has 6 heteroatoms. The van der Waals surface area contributed by atoms with Crippen LogP contribution in [0.15, 0.2) is 53.4 Å². The zero-order chi connectivity index (χ0) is 18.6. The molecule has 0 unspecified atom stereocenters. The molecule has 0 bridgehead atoms. The van der Waals surface area contributed by atoms with Crippen molar-refractivity contribution in [2.75, 3.05) is 4.72 Å². The van der Waals surface area contributed by atoms with Crippen molar-refractivity contribution in [3.05, 3.63) is 59.7 Å². The van der Waals surface area contributed by atoms with E-state index in [1.54, 1.807) is 24.3 Å². The Hall–Kier alpha value is -2.34. The van der Waals surface area contributed by atoms with E-state index in [4.69, 9.17) is 0 Å². The van der Waals surface area contributed by atoms with Gasteiger partial charge in [0, 0.05) is 17.3 Å². The lowest BCUT2D eigenvalue weighted by atomic mass is 10.2. The largest absolute Gasteiger partial charge is 0.349 e. The van der Waals surface area contributed by atoms with Crippen LogP contribution < -0.4 is 10.0 Å². The highest BCUT2D eigenvalue weighted by Crippen LogP contribution is 2.20. The molecule has 1 saturated carbocycles. The standard InChI is InChI=1S/C20H24N2O3S/c1-2-15-7-11-18(12-8-15)22-26(24,25)19-13-9-16(10-14-19)20(23)21-17-5-3-4-6-17/h7-14,17,22H,2-6H2,1H3,(H,21,23). The molecule has 0 aromatic heterocycles. The summed E-state index contributed by atoms with van der Waals surface area (Å²) in [5.74, 6) is -0.149. The molecular weight excluding hydrogens is 348 g/mol. The Balaban J connectivity index is 1.68. The monoisotopic (exact) mass is 372 g/mol. The van der Waals surface area contributed by atoms with E-state index in [-0.39, 0.29) is 16.8 Å². The highest BCUT2D eigenvalue weighted by molar-refractivity contribution is 7.92. The van der Waals surface area contributed by atoms with Gasteiger partial charge in [0.2, 0.25) is 0 Å². The van der Waals surface area contributed by atoms with Crippen molar-refractivity contribution in [1.29, 1.82) is 0 Å². The summed E-state index contributed by atoms with van der Waals surface area (Å²) in [6, 6.07) is 13.6. The molecule has 1 aliphatic carbocycles. The average molecular weight is 372 g/mol. The van der Waals surface area contributed by atoms with Crippen LogP contribution >= 0.6 is 0 Å². The minimum atomic E-state index is -3.68. The number of benzene rings is 2. The highest BCUT2D eigenvalue weighted by Gasteiger charge is 2.19. The Kier molecular flexibility index (Phi) is 5.61. The molecule has 2 aromatic rings. The van der Waals surface area contributed by atoms with Crippen molar-refractivity contribution in [3.63, 3.8) is 0 Å². The van der Waals surface area contributed by atoms with E-state index in [0.29, 0.717) is 11.3 Å². The van der Waals surface area contributed by atoms with Crippen LogP contribution in [0.5, 0.6) is 0 Å². The molecule has 26 heavy (non-hydrogen) atoms. The molecule has 5 nitrogen and oxygen atoms in total. The third kappa shape index (κ3) is 4.43. The van der Waals surface area contributed by atoms with E-state index >= 15 is 0 Å². The molecule has 1 amide bonds. The van der Waals surface area contributed by atoms with E-state index in [2.05, 4.69) is 10.0 Å². The van der Waals surface area contributed by atoms with Crippen molar-refractivity contribution in [3.8, 4) is 0 Å². The molecule has 0 aliphatic heterocycles. The Labute approximate surface area is 154 Å². The number of aryl methyl sites for hydroxylation is 1. The fraction of sp³-hybridized carbons (Fsp3) is 0.350. The van der Waals surface area contributed by atoms with Crippen molar-refractivity contribution in [2.24, 2.45) is 0 Å². The predicted octanol–water partition coefficient (Wildman–Crippen LogP) is 3.72. The van der Waals surface area contributed by atoms with Crippen molar-refractivity contribution in [1.82, 2.24) is 5.32 Å². The van der Waals surface area contributed by atoms with Gasteiger partial charge in [0.05, 0.1) is 4.90 Å². The third-order valence-corrected chi connectivity index (χ3v) is 6.13. The molecule has 2 aromatic carbocycles. The maximum absolute atomic E-state index is 12.5. The van der Waals surface area contributed by atoms with Gasteiger partial charge in [-0.3, -0.25) is 9.52 Å². The third-order valence-electron chi connectivity index (χ3n) is 4.73. The van der Waals surface area contributed by atoms with Gasteiger partial charge in [0.15, 0.2) is 0 Å². The van der Waals surface area contributed by atoms with Crippen LogP contribution in [0.2, 0.25) is 0 Å². The summed E-state index contributed by atoms with van der Waals surface area (Å²) in [6.45, 7) is 2.05. The molecule has 0 heterocycles. The first-order valence-electron chi connectivity index (χ1n) is 9.00. The van der Waals surface area contributed by atoms with Crippen LogP contribution in [0, 0.1) is 0 Å². The van der Waals surface area contributed by atoms with E-state index in [0.717, 1.165) is 37.7 Å². The Bertz CT molecular complexity index is 853. The summed E-state index contributed by atoms with van der Waals surface area (Å²) in [6.07, 6.45) is 5.22. The number of carbonyl (C=O) groups is 1. The van der Waals surface area contributed by atoms with Crippen molar-refractivity contribution < 1.29 is 13.2 Å². The van der Waals surface area contributed by atoms with Gasteiger partial charge in [-0.15, -0.1) is 0 Å². The van der Waals surface area contributed by atoms with Gasteiger partial charge in [-0.1, -0.05) is 31.9 Å². The minimum absolute atomic E-state index is 0.134. The summed E-state index contributed by atoms with van der Waals surface area (Å²) in [5.41, 5.74) is 2.14.